The van der Waals surface area contributed by atoms with Crippen LogP contribution in [0.15, 0.2) is 71.2 Å². The normalized spacial score (nSPS) is 27.2. The van der Waals surface area contributed by atoms with Gasteiger partial charge in [0.25, 0.3) is 0 Å². The van der Waals surface area contributed by atoms with Crippen LogP contribution in [0.4, 0.5) is 5.69 Å². The van der Waals surface area contributed by atoms with Gasteiger partial charge in [0.2, 0.25) is 11.8 Å². The predicted octanol–water partition coefficient (Wildman–Crippen LogP) is 4.90. The third kappa shape index (κ3) is 2.15. The highest BCUT2D eigenvalue weighted by molar-refractivity contribution is 9.10. The van der Waals surface area contributed by atoms with Crippen molar-refractivity contribution in [1.29, 1.82) is 0 Å². The van der Waals surface area contributed by atoms with Gasteiger partial charge in [-0.3, -0.25) is 14.4 Å². The maximum Gasteiger partial charge on any atom is 0.239 e. The second-order valence-electron chi connectivity index (χ2n) is 8.97. The summed E-state index contributed by atoms with van der Waals surface area (Å²) in [4.78, 5) is 42.8. The zero-order valence-corrected chi connectivity index (χ0v) is 19.2. The van der Waals surface area contributed by atoms with Gasteiger partial charge in [0.15, 0.2) is 0 Å². The van der Waals surface area contributed by atoms with Crippen molar-refractivity contribution in [3.8, 4) is 0 Å². The number of carbonyl (C=O) groups excluding carboxylic acids is 3. The van der Waals surface area contributed by atoms with Gasteiger partial charge in [-0.15, -0.1) is 0 Å². The molecule has 3 aromatic rings. The van der Waals surface area contributed by atoms with Crippen LogP contribution in [0, 0.1) is 18.8 Å². The second kappa shape index (κ2) is 6.48. The molecule has 2 bridgehead atoms. The summed E-state index contributed by atoms with van der Waals surface area (Å²) in [6.45, 7) is 3.51. The van der Waals surface area contributed by atoms with Crippen molar-refractivity contribution in [2.75, 3.05) is 4.90 Å². The third-order valence-corrected chi connectivity index (χ3v) is 8.44. The number of Topliss-reactive ketones (excluding diaryl/α,β-unsaturated/α-hetero) is 1. The maximum absolute atomic E-state index is 14.0. The molecule has 3 aromatic carbocycles. The number of hydrogen-bond donors (Lipinski definition) is 0. The lowest BCUT2D eigenvalue weighted by atomic mass is 9.46. The maximum atomic E-state index is 14.0. The molecule has 0 aromatic heterocycles. The van der Waals surface area contributed by atoms with Crippen LogP contribution in [0.25, 0.3) is 0 Å². The molecule has 2 atom stereocenters. The van der Waals surface area contributed by atoms with E-state index in [4.69, 9.17) is 0 Å². The van der Waals surface area contributed by atoms with Crippen molar-refractivity contribution in [3.63, 3.8) is 0 Å². The number of benzene rings is 3. The first kappa shape index (κ1) is 19.6. The topological polar surface area (TPSA) is 54.5 Å². The number of nitrogens with zero attached hydrogens (tertiary/aromatic N) is 1. The highest BCUT2D eigenvalue weighted by Gasteiger charge is 2.69. The highest BCUT2D eigenvalue weighted by atomic mass is 79.9. The minimum absolute atomic E-state index is 0.0985. The van der Waals surface area contributed by atoms with Crippen molar-refractivity contribution >= 4 is 39.2 Å². The Morgan fingerprint density at radius 1 is 0.906 bits per heavy atom. The van der Waals surface area contributed by atoms with Crippen molar-refractivity contribution in [2.45, 2.75) is 25.2 Å². The molecule has 0 radical (unpaired) electrons. The van der Waals surface area contributed by atoms with Gasteiger partial charge in [0.1, 0.15) is 5.78 Å². The van der Waals surface area contributed by atoms with Gasteiger partial charge in [0.05, 0.1) is 22.9 Å². The highest BCUT2D eigenvalue weighted by Crippen LogP contribution is 2.64. The quantitative estimate of drug-likeness (QED) is 0.485. The van der Waals surface area contributed by atoms with Gasteiger partial charge < -0.3 is 0 Å². The molecule has 0 spiro atoms. The summed E-state index contributed by atoms with van der Waals surface area (Å²) in [5.74, 6) is -2.21. The number of halogens is 1. The lowest BCUT2D eigenvalue weighted by Crippen LogP contribution is -2.57. The van der Waals surface area contributed by atoms with Crippen molar-refractivity contribution in [2.24, 2.45) is 11.8 Å². The molecule has 0 unspecified atom stereocenters. The van der Waals surface area contributed by atoms with E-state index in [0.717, 1.165) is 32.3 Å². The lowest BCUT2D eigenvalue weighted by Gasteiger charge is -2.52. The zero-order valence-electron chi connectivity index (χ0n) is 17.6. The summed E-state index contributed by atoms with van der Waals surface area (Å²) in [5.41, 5.74) is 4.10. The first-order chi connectivity index (χ1) is 15.4. The smallest absolute Gasteiger partial charge is 0.239 e. The minimum Gasteiger partial charge on any atom is -0.299 e. The summed E-state index contributed by atoms with van der Waals surface area (Å²) in [7, 11) is 0. The molecule has 1 heterocycles. The standard InChI is InChI=1S/C27H20BrNO3/c1-14-11-12-16(13-21(14)28)29-25(31)23-22-17-7-3-5-9-19(17)27(15(2)30,24(23)26(29)32)20-10-6-4-8-18(20)22/h3-13,22-24H,1-2H3/t22?,23-,24-,27?/m1/s1. The van der Waals surface area contributed by atoms with E-state index >= 15 is 0 Å². The first-order valence-corrected chi connectivity index (χ1v) is 11.5. The molecule has 4 nitrogen and oxygen atoms in total. The molecule has 158 valence electrons. The third-order valence-electron chi connectivity index (χ3n) is 7.59. The Balaban J connectivity index is 1.66. The molecule has 0 saturated carbocycles. The van der Waals surface area contributed by atoms with Gasteiger partial charge in [-0.25, -0.2) is 4.90 Å². The van der Waals surface area contributed by atoms with Crippen molar-refractivity contribution in [1.82, 2.24) is 0 Å². The fourth-order valence-corrected chi connectivity index (χ4v) is 6.71. The molecular formula is C27H20BrNO3. The number of anilines is 1. The van der Waals surface area contributed by atoms with Crippen LogP contribution in [-0.2, 0) is 19.8 Å². The second-order valence-corrected chi connectivity index (χ2v) is 9.82. The number of aryl methyl sites for hydroxylation is 1. The van der Waals surface area contributed by atoms with E-state index < -0.39 is 17.3 Å². The predicted molar refractivity (Wildman–Crippen MR) is 125 cm³/mol. The Bertz CT molecular complexity index is 1310. The fraction of sp³-hybridized carbons (Fsp3) is 0.222. The van der Waals surface area contributed by atoms with Crippen LogP contribution >= 0.6 is 15.9 Å². The van der Waals surface area contributed by atoms with Crippen molar-refractivity contribution < 1.29 is 14.4 Å². The van der Waals surface area contributed by atoms with E-state index in [0.29, 0.717) is 5.69 Å². The summed E-state index contributed by atoms with van der Waals surface area (Å²) >= 11 is 3.52. The summed E-state index contributed by atoms with van der Waals surface area (Å²) < 4.78 is 0.835. The molecule has 1 saturated heterocycles. The van der Waals surface area contributed by atoms with Gasteiger partial charge in [-0.05, 0) is 53.8 Å². The summed E-state index contributed by atoms with van der Waals surface area (Å²) in [6.07, 6.45) is 0. The van der Waals surface area contributed by atoms with E-state index in [2.05, 4.69) is 15.9 Å². The summed E-state index contributed by atoms with van der Waals surface area (Å²) in [5, 5.41) is 0. The van der Waals surface area contributed by atoms with Gasteiger partial charge in [0, 0.05) is 10.4 Å². The molecule has 1 fully saturated rings. The van der Waals surface area contributed by atoms with Crippen LogP contribution in [0.2, 0.25) is 0 Å². The number of amides is 2. The molecule has 32 heavy (non-hydrogen) atoms. The Kier molecular flexibility index (Phi) is 3.98. The Morgan fingerprint density at radius 2 is 1.50 bits per heavy atom. The lowest BCUT2D eigenvalue weighted by molar-refractivity contribution is -0.132. The number of carbonyl (C=O) groups is 3. The molecule has 5 heteroatoms. The average molecular weight is 486 g/mol. The van der Waals surface area contributed by atoms with Crippen LogP contribution < -0.4 is 4.90 Å². The number of ketones is 1. The van der Waals surface area contributed by atoms with E-state index in [-0.39, 0.29) is 23.5 Å². The van der Waals surface area contributed by atoms with E-state index in [1.165, 1.54) is 4.90 Å². The zero-order chi connectivity index (χ0) is 22.4. The molecule has 4 aliphatic rings. The Hall–Kier alpha value is -3.05. The molecule has 1 aliphatic heterocycles. The van der Waals surface area contributed by atoms with Gasteiger partial charge in [-0.2, -0.15) is 0 Å². The Morgan fingerprint density at radius 3 is 2.06 bits per heavy atom. The fourth-order valence-electron chi connectivity index (χ4n) is 6.35. The van der Waals surface area contributed by atoms with Crippen molar-refractivity contribution in [3.05, 3.63) is 99.0 Å². The number of imide groups is 1. The number of hydrogen-bond acceptors (Lipinski definition) is 3. The van der Waals surface area contributed by atoms with Crippen LogP contribution in [0.5, 0.6) is 0 Å². The average Bonchev–Trinajstić information content (AvgIpc) is 3.06. The largest absolute Gasteiger partial charge is 0.299 e. The monoisotopic (exact) mass is 485 g/mol. The van der Waals surface area contributed by atoms with Crippen LogP contribution in [0.3, 0.4) is 0 Å². The summed E-state index contributed by atoms with van der Waals surface area (Å²) in [6, 6.07) is 21.1. The van der Waals surface area contributed by atoms with Crippen LogP contribution in [0.1, 0.15) is 40.7 Å². The Labute approximate surface area is 194 Å². The van der Waals surface area contributed by atoms with Gasteiger partial charge >= 0.3 is 0 Å². The molecule has 2 amide bonds. The van der Waals surface area contributed by atoms with Crippen LogP contribution in [-0.4, -0.2) is 17.6 Å². The van der Waals surface area contributed by atoms with E-state index in [9.17, 15) is 14.4 Å². The molecule has 3 aliphatic carbocycles. The number of rotatable bonds is 2. The molecule has 0 N–H and O–H groups in total. The minimum atomic E-state index is -1.16. The van der Waals surface area contributed by atoms with Gasteiger partial charge in [-0.1, -0.05) is 70.5 Å². The van der Waals surface area contributed by atoms with E-state index in [1.54, 1.807) is 13.0 Å². The molecular weight excluding hydrogens is 466 g/mol. The van der Waals surface area contributed by atoms with E-state index in [1.807, 2.05) is 67.6 Å². The first-order valence-electron chi connectivity index (χ1n) is 10.7. The molecule has 7 rings (SSSR count). The SMILES string of the molecule is CC(=O)C12c3ccccc3C(c3ccccc31)[C@H]1C(=O)N(c3ccc(C)c(Br)c3)C(=O)[C@@H]12.